The van der Waals surface area contributed by atoms with E-state index < -0.39 is 11.4 Å². The van der Waals surface area contributed by atoms with Crippen LogP contribution < -0.4 is 0 Å². The van der Waals surface area contributed by atoms with Gasteiger partial charge in [-0.15, -0.1) is 0 Å². The van der Waals surface area contributed by atoms with Crippen molar-refractivity contribution >= 4 is 5.97 Å². The average molecular weight is 243 g/mol. The number of rotatable bonds is 6. The number of hydrogen-bond donors (Lipinski definition) is 1. The number of carbonyl (C=O) groups is 1. The molecule has 1 saturated heterocycles. The van der Waals surface area contributed by atoms with E-state index in [0.29, 0.717) is 19.0 Å². The van der Waals surface area contributed by atoms with Crippen LogP contribution in [0.1, 0.15) is 40.0 Å². The molecule has 4 nitrogen and oxygen atoms in total. The molecule has 17 heavy (non-hydrogen) atoms. The fourth-order valence-electron chi connectivity index (χ4n) is 2.77. The highest BCUT2D eigenvalue weighted by Crippen LogP contribution is 2.28. The van der Waals surface area contributed by atoms with Gasteiger partial charge in [0.15, 0.2) is 0 Å². The molecule has 3 unspecified atom stereocenters. The third-order valence-corrected chi connectivity index (χ3v) is 3.82. The van der Waals surface area contributed by atoms with Crippen molar-refractivity contribution in [3.8, 4) is 0 Å². The predicted molar refractivity (Wildman–Crippen MR) is 67.1 cm³/mol. The van der Waals surface area contributed by atoms with Crippen LogP contribution in [0, 0.1) is 5.41 Å². The summed E-state index contributed by atoms with van der Waals surface area (Å²) in [4.78, 5) is 13.5. The Morgan fingerprint density at radius 3 is 2.65 bits per heavy atom. The Kier molecular flexibility index (Phi) is 4.95. The first-order chi connectivity index (χ1) is 7.90. The van der Waals surface area contributed by atoms with E-state index in [1.54, 1.807) is 0 Å². The zero-order valence-electron chi connectivity index (χ0n) is 11.4. The van der Waals surface area contributed by atoms with Crippen LogP contribution >= 0.6 is 0 Å². The monoisotopic (exact) mass is 243 g/mol. The van der Waals surface area contributed by atoms with Gasteiger partial charge >= 0.3 is 5.97 Å². The SMILES string of the molecule is CCCC(C)(CN(C)C1CCOC1C)C(=O)O. The third kappa shape index (κ3) is 3.42. The molecule has 1 aliphatic heterocycles. The van der Waals surface area contributed by atoms with E-state index in [1.807, 2.05) is 20.9 Å². The molecule has 3 atom stereocenters. The molecule has 0 aromatic heterocycles. The van der Waals surface area contributed by atoms with Gasteiger partial charge in [-0.3, -0.25) is 9.69 Å². The summed E-state index contributed by atoms with van der Waals surface area (Å²) in [6.45, 7) is 7.31. The van der Waals surface area contributed by atoms with Crippen molar-refractivity contribution in [2.45, 2.75) is 52.2 Å². The molecule has 0 spiro atoms. The van der Waals surface area contributed by atoms with Gasteiger partial charge in [0, 0.05) is 19.2 Å². The Labute approximate surface area is 104 Å². The maximum atomic E-state index is 11.4. The van der Waals surface area contributed by atoms with Crippen LogP contribution in [0.5, 0.6) is 0 Å². The minimum absolute atomic E-state index is 0.208. The number of carboxylic acid groups (broad SMARTS) is 1. The van der Waals surface area contributed by atoms with Crippen molar-refractivity contribution in [2.24, 2.45) is 5.41 Å². The number of likely N-dealkylation sites (N-methyl/N-ethyl adjacent to an activating group) is 1. The first-order valence-corrected chi connectivity index (χ1v) is 6.46. The molecule has 4 heteroatoms. The first kappa shape index (κ1) is 14.5. The number of nitrogens with zero attached hydrogens (tertiary/aromatic N) is 1. The van der Waals surface area contributed by atoms with Crippen molar-refractivity contribution in [1.82, 2.24) is 4.90 Å². The minimum atomic E-state index is -0.697. The van der Waals surface area contributed by atoms with Gasteiger partial charge < -0.3 is 9.84 Å². The number of carboxylic acids is 1. The molecule has 1 N–H and O–H groups in total. The highest BCUT2D eigenvalue weighted by molar-refractivity contribution is 5.74. The molecule has 0 aromatic carbocycles. The second-order valence-corrected chi connectivity index (χ2v) is 5.46. The summed E-state index contributed by atoms with van der Waals surface area (Å²) in [7, 11) is 2.01. The van der Waals surface area contributed by atoms with Crippen molar-refractivity contribution in [1.29, 1.82) is 0 Å². The fourth-order valence-corrected chi connectivity index (χ4v) is 2.77. The predicted octanol–water partition coefficient (Wildman–Crippen LogP) is 1.99. The van der Waals surface area contributed by atoms with E-state index >= 15 is 0 Å². The van der Waals surface area contributed by atoms with Crippen LogP contribution in [-0.2, 0) is 9.53 Å². The zero-order chi connectivity index (χ0) is 13.1. The molecule has 0 aromatic rings. The van der Waals surface area contributed by atoms with Gasteiger partial charge in [-0.25, -0.2) is 0 Å². The van der Waals surface area contributed by atoms with E-state index in [1.165, 1.54) is 0 Å². The molecule has 1 heterocycles. The summed E-state index contributed by atoms with van der Waals surface area (Å²) < 4.78 is 5.53. The lowest BCUT2D eigenvalue weighted by molar-refractivity contribution is -0.149. The average Bonchev–Trinajstić information content (AvgIpc) is 2.64. The second kappa shape index (κ2) is 5.83. The highest BCUT2D eigenvalue weighted by Gasteiger charge is 2.37. The van der Waals surface area contributed by atoms with Crippen LogP contribution in [0.4, 0.5) is 0 Å². The number of aliphatic carboxylic acids is 1. The molecule has 0 saturated carbocycles. The quantitative estimate of drug-likeness (QED) is 0.775. The maximum absolute atomic E-state index is 11.4. The maximum Gasteiger partial charge on any atom is 0.310 e. The molecule has 1 fully saturated rings. The zero-order valence-corrected chi connectivity index (χ0v) is 11.4. The van der Waals surface area contributed by atoms with E-state index in [2.05, 4.69) is 11.8 Å². The first-order valence-electron chi connectivity index (χ1n) is 6.46. The largest absolute Gasteiger partial charge is 0.481 e. The van der Waals surface area contributed by atoms with Gasteiger partial charge in [0.05, 0.1) is 11.5 Å². The lowest BCUT2D eigenvalue weighted by atomic mass is 9.84. The lowest BCUT2D eigenvalue weighted by Gasteiger charge is -2.34. The van der Waals surface area contributed by atoms with Gasteiger partial charge in [0.1, 0.15) is 0 Å². The summed E-state index contributed by atoms with van der Waals surface area (Å²) in [6, 6.07) is 0.352. The van der Waals surface area contributed by atoms with Crippen molar-refractivity contribution in [3.63, 3.8) is 0 Å². The molecule has 1 rings (SSSR count). The topological polar surface area (TPSA) is 49.8 Å². The Bertz CT molecular complexity index is 269. The minimum Gasteiger partial charge on any atom is -0.481 e. The molecular weight excluding hydrogens is 218 g/mol. The van der Waals surface area contributed by atoms with Gasteiger partial charge in [0.2, 0.25) is 0 Å². The van der Waals surface area contributed by atoms with Crippen LogP contribution in [0.3, 0.4) is 0 Å². The third-order valence-electron chi connectivity index (χ3n) is 3.82. The number of ether oxygens (including phenoxy) is 1. The van der Waals surface area contributed by atoms with Crippen LogP contribution in [0.25, 0.3) is 0 Å². The van der Waals surface area contributed by atoms with Crippen molar-refractivity contribution < 1.29 is 14.6 Å². The molecule has 1 aliphatic rings. The van der Waals surface area contributed by atoms with E-state index in [9.17, 15) is 9.90 Å². The molecule has 0 radical (unpaired) electrons. The van der Waals surface area contributed by atoms with Gasteiger partial charge in [-0.05, 0) is 33.7 Å². The second-order valence-electron chi connectivity index (χ2n) is 5.46. The van der Waals surface area contributed by atoms with E-state index in [-0.39, 0.29) is 6.10 Å². The normalized spacial score (nSPS) is 28.3. The molecular formula is C13H25NO3. The smallest absolute Gasteiger partial charge is 0.310 e. The van der Waals surface area contributed by atoms with Crippen LogP contribution in [-0.4, -0.2) is 48.3 Å². The van der Waals surface area contributed by atoms with Crippen LogP contribution in [0.15, 0.2) is 0 Å². The summed E-state index contributed by atoms with van der Waals surface area (Å²) in [6.07, 6.45) is 2.82. The van der Waals surface area contributed by atoms with Crippen LogP contribution in [0.2, 0.25) is 0 Å². The van der Waals surface area contributed by atoms with Crippen molar-refractivity contribution in [2.75, 3.05) is 20.2 Å². The van der Waals surface area contributed by atoms with Crippen molar-refractivity contribution in [3.05, 3.63) is 0 Å². The molecule has 0 amide bonds. The fraction of sp³-hybridized carbons (Fsp3) is 0.923. The van der Waals surface area contributed by atoms with E-state index in [4.69, 9.17) is 4.74 Å². The number of hydrogen-bond acceptors (Lipinski definition) is 3. The lowest BCUT2D eigenvalue weighted by Crippen LogP contribution is -2.46. The Hall–Kier alpha value is -0.610. The standard InChI is InChI=1S/C13H25NO3/c1-5-7-13(3,12(15)16)9-14(4)11-6-8-17-10(11)2/h10-11H,5-9H2,1-4H3,(H,15,16). The van der Waals surface area contributed by atoms with Gasteiger partial charge in [-0.1, -0.05) is 13.3 Å². The van der Waals surface area contributed by atoms with E-state index in [0.717, 1.165) is 19.4 Å². The Morgan fingerprint density at radius 2 is 2.24 bits per heavy atom. The summed E-state index contributed by atoms with van der Waals surface area (Å²) in [5.41, 5.74) is -0.647. The van der Waals surface area contributed by atoms with Gasteiger partial charge in [0.25, 0.3) is 0 Å². The summed E-state index contributed by atoms with van der Waals surface area (Å²) in [5, 5.41) is 9.36. The molecule has 100 valence electrons. The Morgan fingerprint density at radius 1 is 1.59 bits per heavy atom. The molecule has 0 bridgehead atoms. The Balaban J connectivity index is 2.63. The highest BCUT2D eigenvalue weighted by atomic mass is 16.5. The molecule has 0 aliphatic carbocycles. The summed E-state index contributed by atoms with van der Waals surface area (Å²) in [5.74, 6) is -0.697. The van der Waals surface area contributed by atoms with Gasteiger partial charge in [-0.2, -0.15) is 0 Å². The summed E-state index contributed by atoms with van der Waals surface area (Å²) >= 11 is 0.